The summed E-state index contributed by atoms with van der Waals surface area (Å²) in [4.78, 5) is 2.43. The van der Waals surface area contributed by atoms with E-state index in [4.69, 9.17) is 0 Å². The third kappa shape index (κ3) is 2.20. The van der Waals surface area contributed by atoms with Gasteiger partial charge in [0.15, 0.2) is 0 Å². The maximum absolute atomic E-state index is 9.29. The maximum Gasteiger partial charge on any atom is 0.115 e. The van der Waals surface area contributed by atoms with Crippen molar-refractivity contribution in [1.29, 1.82) is 0 Å². The van der Waals surface area contributed by atoms with Crippen LogP contribution >= 0.6 is 0 Å². The molecule has 1 aromatic carbocycles. The molecule has 0 radical (unpaired) electrons. The van der Waals surface area contributed by atoms with Crippen molar-refractivity contribution in [2.75, 3.05) is 20.1 Å². The largest absolute Gasteiger partial charge is 0.508 e. The van der Waals surface area contributed by atoms with E-state index in [1.807, 2.05) is 12.1 Å². The second kappa shape index (κ2) is 4.85. The summed E-state index contributed by atoms with van der Waals surface area (Å²) in [5.41, 5.74) is 1.29. The van der Waals surface area contributed by atoms with Gasteiger partial charge in [-0.15, -0.1) is 0 Å². The van der Waals surface area contributed by atoms with Crippen molar-refractivity contribution in [3.8, 4) is 5.75 Å². The van der Waals surface area contributed by atoms with Crippen LogP contribution in [0.2, 0.25) is 0 Å². The van der Waals surface area contributed by atoms with Gasteiger partial charge in [-0.25, -0.2) is 0 Å². The number of benzene rings is 1. The van der Waals surface area contributed by atoms with Crippen molar-refractivity contribution in [2.24, 2.45) is 0 Å². The Morgan fingerprint density at radius 3 is 2.44 bits per heavy atom. The zero-order valence-electron chi connectivity index (χ0n) is 9.98. The molecule has 16 heavy (non-hydrogen) atoms. The summed E-state index contributed by atoms with van der Waals surface area (Å²) in [6.45, 7) is 4.39. The predicted molar refractivity (Wildman–Crippen MR) is 65.6 cm³/mol. The highest BCUT2D eigenvalue weighted by Crippen LogP contribution is 2.26. The number of hydrogen-bond acceptors (Lipinski definition) is 3. The molecule has 1 saturated heterocycles. The van der Waals surface area contributed by atoms with Crippen LogP contribution in [0.1, 0.15) is 24.9 Å². The van der Waals surface area contributed by atoms with Crippen LogP contribution in [0.4, 0.5) is 0 Å². The first kappa shape index (κ1) is 11.4. The SMILES string of the molecule is CCC(c1ccc(O)cc1)N(C)C1CNC1. The molecule has 0 spiro atoms. The van der Waals surface area contributed by atoms with Crippen LogP contribution in [0, 0.1) is 0 Å². The first-order valence-corrected chi connectivity index (χ1v) is 5.94. The average molecular weight is 220 g/mol. The van der Waals surface area contributed by atoms with E-state index < -0.39 is 0 Å². The predicted octanol–water partition coefficient (Wildman–Crippen LogP) is 1.75. The molecule has 88 valence electrons. The van der Waals surface area contributed by atoms with Gasteiger partial charge >= 0.3 is 0 Å². The van der Waals surface area contributed by atoms with E-state index in [0.717, 1.165) is 19.5 Å². The molecule has 2 N–H and O–H groups in total. The molecule has 3 nitrogen and oxygen atoms in total. The Morgan fingerprint density at radius 2 is 2.00 bits per heavy atom. The summed E-state index contributed by atoms with van der Waals surface area (Å²) in [6.07, 6.45) is 1.10. The number of rotatable bonds is 4. The van der Waals surface area contributed by atoms with Gasteiger partial charge in [0, 0.05) is 25.2 Å². The van der Waals surface area contributed by atoms with Crippen molar-refractivity contribution in [3.05, 3.63) is 29.8 Å². The van der Waals surface area contributed by atoms with E-state index in [2.05, 4.69) is 24.2 Å². The van der Waals surface area contributed by atoms with Crippen molar-refractivity contribution >= 4 is 0 Å². The lowest BCUT2D eigenvalue weighted by atomic mass is 9.99. The molecular weight excluding hydrogens is 200 g/mol. The number of phenolic OH excluding ortho intramolecular Hbond substituents is 1. The Hall–Kier alpha value is -1.06. The summed E-state index contributed by atoms with van der Waals surface area (Å²) in [7, 11) is 2.19. The third-order valence-electron chi connectivity index (χ3n) is 3.49. The van der Waals surface area contributed by atoms with Crippen molar-refractivity contribution in [1.82, 2.24) is 10.2 Å². The molecule has 2 rings (SSSR count). The van der Waals surface area contributed by atoms with Gasteiger partial charge in [-0.05, 0) is 31.2 Å². The summed E-state index contributed by atoms with van der Waals surface area (Å²) in [5, 5.41) is 12.6. The van der Waals surface area contributed by atoms with Crippen molar-refractivity contribution < 1.29 is 5.11 Å². The molecule has 0 saturated carbocycles. The number of phenols is 1. The van der Waals surface area contributed by atoms with Gasteiger partial charge in [-0.1, -0.05) is 19.1 Å². The van der Waals surface area contributed by atoms with Crippen LogP contribution in [0.15, 0.2) is 24.3 Å². The zero-order chi connectivity index (χ0) is 11.5. The van der Waals surface area contributed by atoms with Crippen LogP contribution in [-0.4, -0.2) is 36.2 Å². The highest BCUT2D eigenvalue weighted by molar-refractivity contribution is 5.28. The van der Waals surface area contributed by atoms with E-state index in [1.54, 1.807) is 12.1 Å². The number of likely N-dealkylation sites (N-methyl/N-ethyl adjacent to an activating group) is 1. The van der Waals surface area contributed by atoms with Gasteiger partial charge in [0.1, 0.15) is 5.75 Å². The van der Waals surface area contributed by atoms with Crippen molar-refractivity contribution in [3.63, 3.8) is 0 Å². The lowest BCUT2D eigenvalue weighted by molar-refractivity contribution is 0.124. The van der Waals surface area contributed by atoms with Gasteiger partial charge in [0.05, 0.1) is 0 Å². The van der Waals surface area contributed by atoms with Crippen molar-refractivity contribution in [2.45, 2.75) is 25.4 Å². The van der Waals surface area contributed by atoms with Gasteiger partial charge in [-0.2, -0.15) is 0 Å². The normalized spacial score (nSPS) is 18.4. The molecule has 3 heteroatoms. The monoisotopic (exact) mass is 220 g/mol. The van der Waals surface area contributed by atoms with Gasteiger partial charge in [-0.3, -0.25) is 4.90 Å². The number of nitrogens with one attached hydrogen (secondary N) is 1. The fraction of sp³-hybridized carbons (Fsp3) is 0.538. The molecule has 0 aromatic heterocycles. The highest BCUT2D eigenvalue weighted by Gasteiger charge is 2.27. The summed E-state index contributed by atoms with van der Waals surface area (Å²) in [6, 6.07) is 8.68. The molecular formula is C13H20N2O. The minimum absolute atomic E-state index is 0.339. The third-order valence-corrected chi connectivity index (χ3v) is 3.49. The van der Waals surface area contributed by atoms with Gasteiger partial charge in [0.25, 0.3) is 0 Å². The molecule has 1 aliphatic heterocycles. The second-order valence-electron chi connectivity index (χ2n) is 4.49. The van der Waals surface area contributed by atoms with E-state index in [-0.39, 0.29) is 0 Å². The molecule has 1 fully saturated rings. The number of nitrogens with zero attached hydrogens (tertiary/aromatic N) is 1. The number of aromatic hydroxyl groups is 1. The Balaban J connectivity index is 2.11. The minimum Gasteiger partial charge on any atom is -0.508 e. The molecule has 1 unspecified atom stereocenters. The van der Waals surface area contributed by atoms with E-state index in [0.29, 0.717) is 17.8 Å². The topological polar surface area (TPSA) is 35.5 Å². The Kier molecular flexibility index (Phi) is 3.46. The summed E-state index contributed by atoms with van der Waals surface area (Å²) >= 11 is 0. The summed E-state index contributed by atoms with van der Waals surface area (Å²) in [5.74, 6) is 0.339. The van der Waals surface area contributed by atoms with Crippen LogP contribution < -0.4 is 5.32 Å². The standard InChI is InChI=1S/C13H20N2O/c1-3-13(15(2)11-8-14-9-11)10-4-6-12(16)7-5-10/h4-7,11,13-14,16H,3,8-9H2,1-2H3. The van der Waals surface area contributed by atoms with Gasteiger partial charge < -0.3 is 10.4 Å². The van der Waals surface area contributed by atoms with Crippen LogP contribution in [0.5, 0.6) is 5.75 Å². The zero-order valence-corrected chi connectivity index (χ0v) is 9.98. The molecule has 1 aromatic rings. The highest BCUT2D eigenvalue weighted by atomic mass is 16.3. The average Bonchev–Trinajstić information content (AvgIpc) is 2.19. The fourth-order valence-electron chi connectivity index (χ4n) is 2.27. The Morgan fingerprint density at radius 1 is 1.38 bits per heavy atom. The lowest BCUT2D eigenvalue weighted by Crippen LogP contribution is -2.56. The fourth-order valence-corrected chi connectivity index (χ4v) is 2.27. The first-order valence-electron chi connectivity index (χ1n) is 5.94. The van der Waals surface area contributed by atoms with Gasteiger partial charge in [0.2, 0.25) is 0 Å². The van der Waals surface area contributed by atoms with Crippen LogP contribution in [-0.2, 0) is 0 Å². The van der Waals surface area contributed by atoms with Crippen LogP contribution in [0.25, 0.3) is 0 Å². The molecule has 1 aliphatic rings. The second-order valence-corrected chi connectivity index (χ2v) is 4.49. The molecule has 0 aliphatic carbocycles. The summed E-state index contributed by atoms with van der Waals surface area (Å²) < 4.78 is 0. The van der Waals surface area contributed by atoms with E-state index >= 15 is 0 Å². The number of hydrogen-bond donors (Lipinski definition) is 2. The molecule has 1 atom stereocenters. The van der Waals surface area contributed by atoms with E-state index in [1.165, 1.54) is 5.56 Å². The first-order chi connectivity index (χ1) is 7.72. The minimum atomic E-state index is 0.339. The quantitative estimate of drug-likeness (QED) is 0.811. The molecule has 1 heterocycles. The van der Waals surface area contributed by atoms with E-state index in [9.17, 15) is 5.11 Å². The molecule has 0 bridgehead atoms. The molecule has 0 amide bonds. The smallest absolute Gasteiger partial charge is 0.115 e. The lowest BCUT2D eigenvalue weighted by Gasteiger charge is -2.40. The van der Waals surface area contributed by atoms with Crippen LogP contribution in [0.3, 0.4) is 0 Å². The maximum atomic E-state index is 9.29. The Bertz CT molecular complexity index is 332. The Labute approximate surface area is 97.1 Å².